The molecule has 0 aliphatic carbocycles. The number of nitrogens with one attached hydrogen (secondary N) is 2. The third-order valence-electron chi connectivity index (χ3n) is 5.10. The van der Waals surface area contributed by atoms with E-state index in [1.807, 2.05) is 25.3 Å². The maximum absolute atomic E-state index is 13.7. The predicted molar refractivity (Wildman–Crippen MR) is 132 cm³/mol. The van der Waals surface area contributed by atoms with E-state index in [9.17, 15) is 4.39 Å². The minimum Gasteiger partial charge on any atom is -0.357 e. The lowest BCUT2D eigenvalue weighted by Crippen LogP contribution is -2.44. The summed E-state index contributed by atoms with van der Waals surface area (Å²) in [7, 11) is 2.15. The first-order chi connectivity index (χ1) is 14.0. The monoisotopic (exact) mass is 526 g/mol. The second-order valence-electron chi connectivity index (χ2n) is 7.44. The largest absolute Gasteiger partial charge is 0.357 e. The summed E-state index contributed by atoms with van der Waals surface area (Å²) in [6.07, 6.45) is 1.86. The highest BCUT2D eigenvalue weighted by atomic mass is 127. The summed E-state index contributed by atoms with van der Waals surface area (Å²) in [5.41, 5.74) is 2.66. The number of hydrogen-bond donors (Lipinski definition) is 2. The number of benzene rings is 1. The highest BCUT2D eigenvalue weighted by molar-refractivity contribution is 14.0. The fraction of sp³-hybridized carbons (Fsp3) is 0.455. The Labute approximate surface area is 196 Å². The first-order valence-corrected chi connectivity index (χ1v) is 10.2. The summed E-state index contributed by atoms with van der Waals surface area (Å²) in [5, 5.41) is 6.61. The van der Waals surface area contributed by atoms with E-state index in [0.717, 1.165) is 49.7 Å². The highest BCUT2D eigenvalue weighted by Gasteiger charge is 2.15. The Morgan fingerprint density at radius 2 is 1.87 bits per heavy atom. The van der Waals surface area contributed by atoms with E-state index in [0.29, 0.717) is 24.6 Å². The Bertz CT molecular complexity index is 836. The van der Waals surface area contributed by atoms with Crippen LogP contribution in [0.4, 0.5) is 10.2 Å². The molecule has 0 amide bonds. The summed E-state index contributed by atoms with van der Waals surface area (Å²) < 4.78 is 13.7. The average molecular weight is 526 g/mol. The summed E-state index contributed by atoms with van der Waals surface area (Å²) in [6, 6.07) is 9.41. The van der Waals surface area contributed by atoms with Crippen LogP contribution in [0.15, 0.2) is 41.5 Å². The maximum Gasteiger partial charge on any atom is 0.191 e. The van der Waals surface area contributed by atoms with Crippen molar-refractivity contribution >= 4 is 35.8 Å². The molecule has 0 unspecified atom stereocenters. The average Bonchev–Trinajstić information content (AvgIpc) is 2.73. The Kier molecular flexibility index (Phi) is 9.77. The predicted octanol–water partition coefficient (Wildman–Crippen LogP) is 3.15. The third kappa shape index (κ3) is 7.09. The minimum absolute atomic E-state index is 0. The number of anilines is 1. The van der Waals surface area contributed by atoms with Crippen LogP contribution < -0.4 is 15.5 Å². The first kappa shape index (κ1) is 24.3. The van der Waals surface area contributed by atoms with Crippen LogP contribution in [0, 0.1) is 12.7 Å². The van der Waals surface area contributed by atoms with Crippen molar-refractivity contribution < 1.29 is 4.39 Å². The lowest BCUT2D eigenvalue weighted by atomic mass is 10.1. The van der Waals surface area contributed by atoms with E-state index in [2.05, 4.69) is 43.5 Å². The van der Waals surface area contributed by atoms with Crippen molar-refractivity contribution in [1.82, 2.24) is 20.5 Å². The number of pyridine rings is 1. The molecule has 0 spiro atoms. The molecular weight excluding hydrogens is 494 g/mol. The normalized spacial score (nSPS) is 14.9. The fourth-order valence-electron chi connectivity index (χ4n) is 3.21. The molecule has 0 radical (unpaired) electrons. The molecule has 1 saturated heterocycles. The van der Waals surface area contributed by atoms with Gasteiger partial charge in [-0.3, -0.25) is 0 Å². The molecule has 164 valence electrons. The number of halogens is 2. The zero-order valence-corrected chi connectivity index (χ0v) is 20.3. The second kappa shape index (κ2) is 12.0. The van der Waals surface area contributed by atoms with Gasteiger partial charge >= 0.3 is 0 Å². The quantitative estimate of drug-likeness (QED) is 0.344. The van der Waals surface area contributed by atoms with Gasteiger partial charge < -0.3 is 20.4 Å². The van der Waals surface area contributed by atoms with Crippen molar-refractivity contribution in [2.75, 3.05) is 44.7 Å². The molecule has 1 aliphatic heterocycles. The van der Waals surface area contributed by atoms with Crippen molar-refractivity contribution in [3.05, 3.63) is 59.0 Å². The number of likely N-dealkylation sites (N-methyl/N-ethyl adjacent to an activating group) is 1. The van der Waals surface area contributed by atoms with Gasteiger partial charge in [0.25, 0.3) is 0 Å². The molecule has 1 aromatic heterocycles. The van der Waals surface area contributed by atoms with E-state index < -0.39 is 0 Å². The van der Waals surface area contributed by atoms with Gasteiger partial charge in [0.2, 0.25) is 0 Å². The number of rotatable bonds is 6. The van der Waals surface area contributed by atoms with Crippen LogP contribution in [-0.4, -0.2) is 55.6 Å². The molecule has 0 atom stereocenters. The highest BCUT2D eigenvalue weighted by Crippen LogP contribution is 2.15. The van der Waals surface area contributed by atoms with Gasteiger partial charge in [-0.15, -0.1) is 24.0 Å². The van der Waals surface area contributed by atoms with Crippen LogP contribution in [0.1, 0.15) is 23.6 Å². The topological polar surface area (TPSA) is 55.8 Å². The van der Waals surface area contributed by atoms with Crippen molar-refractivity contribution in [3.8, 4) is 0 Å². The van der Waals surface area contributed by atoms with Crippen molar-refractivity contribution in [1.29, 1.82) is 0 Å². The van der Waals surface area contributed by atoms with Crippen molar-refractivity contribution in [2.45, 2.75) is 26.9 Å². The smallest absolute Gasteiger partial charge is 0.191 e. The summed E-state index contributed by atoms with van der Waals surface area (Å²) in [4.78, 5) is 13.8. The summed E-state index contributed by atoms with van der Waals surface area (Å²) >= 11 is 0. The van der Waals surface area contributed by atoms with Gasteiger partial charge in [0.1, 0.15) is 11.6 Å². The van der Waals surface area contributed by atoms with Crippen LogP contribution in [0.25, 0.3) is 0 Å². The van der Waals surface area contributed by atoms with Gasteiger partial charge in [-0.1, -0.05) is 12.1 Å². The van der Waals surface area contributed by atoms with Crippen LogP contribution in [0.2, 0.25) is 0 Å². The summed E-state index contributed by atoms with van der Waals surface area (Å²) in [6.45, 7) is 9.74. The first-order valence-electron chi connectivity index (χ1n) is 10.2. The number of aromatic nitrogens is 1. The van der Waals surface area contributed by atoms with Gasteiger partial charge in [-0.25, -0.2) is 14.4 Å². The van der Waals surface area contributed by atoms with Gasteiger partial charge in [-0.2, -0.15) is 0 Å². The summed E-state index contributed by atoms with van der Waals surface area (Å²) in [5.74, 6) is 1.55. The van der Waals surface area contributed by atoms with E-state index in [-0.39, 0.29) is 29.8 Å². The maximum atomic E-state index is 13.7. The Hall–Kier alpha value is -1.94. The van der Waals surface area contributed by atoms with Crippen LogP contribution in [0.3, 0.4) is 0 Å². The molecule has 0 saturated carbocycles. The van der Waals surface area contributed by atoms with Crippen LogP contribution in [-0.2, 0) is 13.1 Å². The molecule has 30 heavy (non-hydrogen) atoms. The number of nitrogens with zero attached hydrogens (tertiary/aromatic N) is 4. The standard InChI is InChI=1S/C22H31FN6.HI/c1-4-24-22(26-15-18-6-5-17(2)20(23)13-18)27-16-19-7-8-25-21(14-19)29-11-9-28(3)10-12-29;/h5-8,13-14H,4,9-12,15-16H2,1-3H3,(H2,24,26,27);1H. The van der Waals surface area contributed by atoms with E-state index >= 15 is 0 Å². The SMILES string of the molecule is CCNC(=NCc1ccc(C)c(F)c1)NCc1ccnc(N2CCN(C)CC2)c1.I. The molecule has 1 aliphatic rings. The molecule has 1 fully saturated rings. The van der Waals surface area contributed by atoms with Crippen molar-refractivity contribution in [2.24, 2.45) is 4.99 Å². The third-order valence-corrected chi connectivity index (χ3v) is 5.10. The molecule has 1 aromatic carbocycles. The lowest BCUT2D eigenvalue weighted by molar-refractivity contribution is 0.312. The second-order valence-corrected chi connectivity index (χ2v) is 7.44. The number of aliphatic imine (C=N–C) groups is 1. The Balaban J connectivity index is 0.00000320. The van der Waals surface area contributed by atoms with E-state index in [1.165, 1.54) is 0 Å². The fourth-order valence-corrected chi connectivity index (χ4v) is 3.21. The molecule has 6 nitrogen and oxygen atoms in total. The van der Waals surface area contributed by atoms with Crippen LogP contribution >= 0.6 is 24.0 Å². The Morgan fingerprint density at radius 3 is 2.57 bits per heavy atom. The molecular formula is C22H32FIN6. The van der Waals surface area contributed by atoms with Gasteiger partial charge in [0, 0.05) is 45.5 Å². The van der Waals surface area contributed by atoms with Crippen molar-refractivity contribution in [3.63, 3.8) is 0 Å². The van der Waals surface area contributed by atoms with E-state index in [1.54, 1.807) is 19.1 Å². The zero-order valence-electron chi connectivity index (χ0n) is 18.0. The molecule has 2 N–H and O–H groups in total. The van der Waals surface area contributed by atoms with Gasteiger partial charge in [-0.05, 0) is 55.8 Å². The van der Waals surface area contributed by atoms with E-state index in [4.69, 9.17) is 0 Å². The zero-order chi connectivity index (χ0) is 20.6. The lowest BCUT2D eigenvalue weighted by Gasteiger charge is -2.33. The number of piperazine rings is 1. The molecule has 2 aromatic rings. The number of aryl methyl sites for hydroxylation is 1. The molecule has 2 heterocycles. The van der Waals surface area contributed by atoms with Crippen LogP contribution in [0.5, 0.6) is 0 Å². The molecule has 3 rings (SSSR count). The van der Waals surface area contributed by atoms with Gasteiger partial charge in [0.15, 0.2) is 5.96 Å². The number of guanidine groups is 1. The number of hydrogen-bond acceptors (Lipinski definition) is 4. The molecule has 8 heteroatoms. The Morgan fingerprint density at radius 1 is 1.10 bits per heavy atom. The molecule has 0 bridgehead atoms. The van der Waals surface area contributed by atoms with Gasteiger partial charge in [0.05, 0.1) is 6.54 Å². The minimum atomic E-state index is -0.191.